The summed E-state index contributed by atoms with van der Waals surface area (Å²) in [6, 6.07) is 0. The molecule has 0 radical (unpaired) electrons. The topological polar surface area (TPSA) is 20.2 Å². The molecule has 1 aliphatic rings. The molecule has 0 aromatic carbocycles. The van der Waals surface area contributed by atoms with E-state index in [1.165, 1.54) is 0 Å². The van der Waals surface area contributed by atoms with Crippen molar-refractivity contribution in [3.8, 4) is 0 Å². The van der Waals surface area contributed by atoms with Gasteiger partial charge in [-0.3, -0.25) is 0 Å². The van der Waals surface area contributed by atoms with Gasteiger partial charge in [-0.05, 0) is 6.42 Å². The average molecular weight is 126 g/mol. The molecule has 0 aromatic heterocycles. The van der Waals surface area contributed by atoms with Crippen molar-refractivity contribution >= 4 is 0 Å². The molecule has 0 aliphatic heterocycles. The van der Waals surface area contributed by atoms with E-state index in [0.717, 1.165) is 0 Å². The Balaban J connectivity index is 2.39. The van der Waals surface area contributed by atoms with Crippen LogP contribution in [0.3, 0.4) is 0 Å². The molecule has 48 valence electrons. The standard InChI is InChI=1S/C4H5F3O/c5-4(6,7)2-1-3(2)8/h2-3,8H,1H2. The largest absolute Gasteiger partial charge is 0.394 e. The second-order valence-corrected chi connectivity index (χ2v) is 1.95. The van der Waals surface area contributed by atoms with Crippen molar-refractivity contribution in [2.75, 3.05) is 0 Å². The van der Waals surface area contributed by atoms with Crippen LogP contribution in [-0.4, -0.2) is 17.4 Å². The molecule has 2 atom stereocenters. The van der Waals surface area contributed by atoms with E-state index in [2.05, 4.69) is 0 Å². The molecule has 0 heterocycles. The molecule has 1 nitrogen and oxygen atoms in total. The zero-order valence-corrected chi connectivity index (χ0v) is 3.94. The molecular formula is C4H5F3O. The minimum absolute atomic E-state index is 0.108. The summed E-state index contributed by atoms with van der Waals surface area (Å²) in [5.41, 5.74) is 0. The quantitative estimate of drug-likeness (QED) is 0.511. The molecule has 2 unspecified atom stereocenters. The van der Waals surface area contributed by atoms with E-state index in [1.54, 1.807) is 0 Å². The lowest BCUT2D eigenvalue weighted by Crippen LogP contribution is -2.12. The van der Waals surface area contributed by atoms with E-state index in [-0.39, 0.29) is 6.42 Å². The predicted octanol–water partition coefficient (Wildman–Crippen LogP) is 0.929. The zero-order valence-electron chi connectivity index (χ0n) is 3.94. The van der Waals surface area contributed by atoms with Gasteiger partial charge in [0.25, 0.3) is 0 Å². The summed E-state index contributed by atoms with van der Waals surface area (Å²) < 4.78 is 34.0. The van der Waals surface area contributed by atoms with Gasteiger partial charge in [-0.1, -0.05) is 0 Å². The van der Waals surface area contributed by atoms with Crippen molar-refractivity contribution in [2.24, 2.45) is 5.92 Å². The number of halogens is 3. The molecule has 1 aliphatic carbocycles. The maximum atomic E-state index is 11.3. The Morgan fingerprint density at radius 3 is 1.75 bits per heavy atom. The van der Waals surface area contributed by atoms with Crippen LogP contribution in [0.25, 0.3) is 0 Å². The van der Waals surface area contributed by atoms with E-state index in [9.17, 15) is 13.2 Å². The van der Waals surface area contributed by atoms with Crippen molar-refractivity contribution in [1.82, 2.24) is 0 Å². The fourth-order valence-corrected chi connectivity index (χ4v) is 0.533. The first-order valence-corrected chi connectivity index (χ1v) is 2.26. The highest BCUT2D eigenvalue weighted by Crippen LogP contribution is 2.44. The molecule has 1 N–H and O–H groups in total. The van der Waals surface area contributed by atoms with Gasteiger partial charge in [0.15, 0.2) is 0 Å². The molecular weight excluding hydrogens is 121 g/mol. The third-order valence-corrected chi connectivity index (χ3v) is 1.18. The summed E-state index contributed by atoms with van der Waals surface area (Å²) in [7, 11) is 0. The fraction of sp³-hybridized carbons (Fsp3) is 1.00. The Hall–Kier alpha value is -0.250. The third-order valence-electron chi connectivity index (χ3n) is 1.18. The first kappa shape index (κ1) is 5.88. The van der Waals surface area contributed by atoms with E-state index < -0.39 is 18.2 Å². The highest BCUT2D eigenvalue weighted by Gasteiger charge is 2.55. The second kappa shape index (κ2) is 1.37. The SMILES string of the molecule is OC1CC1C(F)(F)F. The summed E-state index contributed by atoms with van der Waals surface area (Å²) in [6.45, 7) is 0. The Bertz CT molecular complexity index is 97.9. The smallest absolute Gasteiger partial charge is 0.392 e. The van der Waals surface area contributed by atoms with Gasteiger partial charge in [0.2, 0.25) is 0 Å². The van der Waals surface area contributed by atoms with Gasteiger partial charge < -0.3 is 5.11 Å². The van der Waals surface area contributed by atoms with Crippen LogP contribution in [0.4, 0.5) is 13.2 Å². The first-order chi connectivity index (χ1) is 3.52. The molecule has 0 aromatic rings. The van der Waals surface area contributed by atoms with E-state index in [4.69, 9.17) is 5.11 Å². The van der Waals surface area contributed by atoms with Gasteiger partial charge in [-0.25, -0.2) is 0 Å². The first-order valence-electron chi connectivity index (χ1n) is 2.26. The van der Waals surface area contributed by atoms with E-state index >= 15 is 0 Å². The molecule has 1 rings (SSSR count). The Labute approximate surface area is 44.1 Å². The lowest BCUT2D eigenvalue weighted by atomic mass is 10.4. The summed E-state index contributed by atoms with van der Waals surface area (Å²) in [4.78, 5) is 0. The number of hydrogen-bond donors (Lipinski definition) is 1. The lowest BCUT2D eigenvalue weighted by Gasteiger charge is -2.00. The molecule has 1 saturated carbocycles. The number of aliphatic hydroxyl groups is 1. The van der Waals surface area contributed by atoms with Crippen LogP contribution in [0, 0.1) is 5.92 Å². The van der Waals surface area contributed by atoms with E-state index in [1.807, 2.05) is 0 Å². The highest BCUT2D eigenvalue weighted by molar-refractivity contribution is 4.91. The van der Waals surface area contributed by atoms with Crippen molar-refractivity contribution < 1.29 is 18.3 Å². The maximum absolute atomic E-state index is 11.3. The average Bonchev–Trinajstić information content (AvgIpc) is 2.13. The van der Waals surface area contributed by atoms with Gasteiger partial charge >= 0.3 is 6.18 Å². The lowest BCUT2D eigenvalue weighted by molar-refractivity contribution is -0.154. The molecule has 0 saturated heterocycles. The summed E-state index contributed by atoms with van der Waals surface area (Å²) in [6.07, 6.45) is -5.39. The van der Waals surface area contributed by atoms with Crippen LogP contribution >= 0.6 is 0 Å². The van der Waals surface area contributed by atoms with Gasteiger partial charge in [-0.15, -0.1) is 0 Å². The van der Waals surface area contributed by atoms with Crippen LogP contribution < -0.4 is 0 Å². The van der Waals surface area contributed by atoms with Crippen LogP contribution in [0.2, 0.25) is 0 Å². The minimum Gasteiger partial charge on any atom is -0.392 e. The number of hydrogen-bond acceptors (Lipinski definition) is 1. The molecule has 0 amide bonds. The van der Waals surface area contributed by atoms with Crippen LogP contribution in [0.5, 0.6) is 0 Å². The Morgan fingerprint density at radius 1 is 1.38 bits per heavy atom. The zero-order chi connectivity index (χ0) is 6.36. The Kier molecular flexibility index (Phi) is 1.01. The normalized spacial score (nSPS) is 37.5. The summed E-state index contributed by atoms with van der Waals surface area (Å²) >= 11 is 0. The summed E-state index contributed by atoms with van der Waals surface area (Å²) in [5.74, 6) is -1.43. The van der Waals surface area contributed by atoms with Gasteiger partial charge in [0.1, 0.15) is 0 Å². The van der Waals surface area contributed by atoms with Crippen molar-refractivity contribution in [1.29, 1.82) is 0 Å². The molecule has 1 fully saturated rings. The molecule has 4 heteroatoms. The number of aliphatic hydroxyl groups excluding tert-OH is 1. The van der Waals surface area contributed by atoms with Crippen molar-refractivity contribution in [3.63, 3.8) is 0 Å². The maximum Gasteiger partial charge on any atom is 0.394 e. The van der Waals surface area contributed by atoms with Crippen LogP contribution in [-0.2, 0) is 0 Å². The number of alkyl halides is 3. The molecule has 8 heavy (non-hydrogen) atoms. The van der Waals surface area contributed by atoms with Crippen LogP contribution in [0.1, 0.15) is 6.42 Å². The minimum atomic E-state index is -4.17. The fourth-order valence-electron chi connectivity index (χ4n) is 0.533. The van der Waals surface area contributed by atoms with Crippen LogP contribution in [0.15, 0.2) is 0 Å². The highest BCUT2D eigenvalue weighted by atomic mass is 19.4. The van der Waals surface area contributed by atoms with E-state index in [0.29, 0.717) is 0 Å². The predicted molar refractivity (Wildman–Crippen MR) is 20.2 cm³/mol. The third kappa shape index (κ3) is 0.940. The monoisotopic (exact) mass is 126 g/mol. The molecule has 0 bridgehead atoms. The second-order valence-electron chi connectivity index (χ2n) is 1.95. The van der Waals surface area contributed by atoms with Gasteiger partial charge in [0, 0.05) is 0 Å². The van der Waals surface area contributed by atoms with Crippen molar-refractivity contribution in [2.45, 2.75) is 18.7 Å². The van der Waals surface area contributed by atoms with Crippen molar-refractivity contribution in [3.05, 3.63) is 0 Å². The van der Waals surface area contributed by atoms with Gasteiger partial charge in [-0.2, -0.15) is 13.2 Å². The summed E-state index contributed by atoms with van der Waals surface area (Å²) in [5, 5.41) is 8.24. The van der Waals surface area contributed by atoms with Gasteiger partial charge in [0.05, 0.1) is 12.0 Å². The molecule has 0 spiro atoms. The Morgan fingerprint density at radius 2 is 1.75 bits per heavy atom. The number of rotatable bonds is 0.